The minimum absolute atomic E-state index is 0.0593. The number of nitro benzene ring substituents is 1. The summed E-state index contributed by atoms with van der Waals surface area (Å²) < 4.78 is 1.68. The highest BCUT2D eigenvalue weighted by Crippen LogP contribution is 2.25. The first-order chi connectivity index (χ1) is 16.8. The number of carbonyl (C=O) groups is 1. The lowest BCUT2D eigenvalue weighted by Crippen LogP contribution is -2.23. The third kappa shape index (κ3) is 6.02. The number of nitrogens with zero attached hydrogens (tertiary/aromatic N) is 4. The number of rotatable bonds is 8. The van der Waals surface area contributed by atoms with Crippen molar-refractivity contribution in [3.8, 4) is 5.69 Å². The van der Waals surface area contributed by atoms with Gasteiger partial charge in [0, 0.05) is 46.7 Å². The van der Waals surface area contributed by atoms with E-state index in [9.17, 15) is 24.5 Å². The van der Waals surface area contributed by atoms with Crippen LogP contribution >= 0.6 is 23.4 Å². The first-order valence-electron chi connectivity index (χ1n) is 9.98. The summed E-state index contributed by atoms with van der Waals surface area (Å²) >= 11 is 7.10. The molecule has 0 atom stereocenters. The number of aromatic amines is 2. The minimum Gasteiger partial charge on any atom is -0.325 e. The second-order valence-corrected chi connectivity index (χ2v) is 8.52. The van der Waals surface area contributed by atoms with Gasteiger partial charge in [-0.15, -0.1) is 10.2 Å². The fraction of sp³-hybridized carbons (Fsp3) is 0.0952. The van der Waals surface area contributed by atoms with E-state index >= 15 is 0 Å². The fourth-order valence-corrected chi connectivity index (χ4v) is 4.06. The average Bonchev–Trinajstić information content (AvgIpc) is 3.20. The number of anilines is 1. The molecule has 0 spiro atoms. The van der Waals surface area contributed by atoms with Gasteiger partial charge in [0.1, 0.15) is 5.82 Å². The van der Waals surface area contributed by atoms with E-state index in [0.29, 0.717) is 33.1 Å². The van der Waals surface area contributed by atoms with Crippen molar-refractivity contribution in [1.29, 1.82) is 0 Å². The van der Waals surface area contributed by atoms with Gasteiger partial charge in [-0.3, -0.25) is 29.3 Å². The third-order valence-electron chi connectivity index (χ3n) is 4.62. The number of hydrogen-bond acceptors (Lipinski definition) is 8. The molecule has 4 rings (SSSR count). The maximum absolute atomic E-state index is 12.5. The highest BCUT2D eigenvalue weighted by molar-refractivity contribution is 7.99. The van der Waals surface area contributed by atoms with Gasteiger partial charge in [-0.1, -0.05) is 29.4 Å². The minimum atomic E-state index is -0.641. The number of carbonyl (C=O) groups excluding carboxylic acids is 1. The van der Waals surface area contributed by atoms with Crippen LogP contribution in [0.5, 0.6) is 0 Å². The van der Waals surface area contributed by atoms with Crippen LogP contribution in [0.2, 0.25) is 5.02 Å². The molecule has 0 bridgehead atoms. The Labute approximate surface area is 205 Å². The Hall–Kier alpha value is -4.23. The van der Waals surface area contributed by atoms with Gasteiger partial charge in [-0.05, 0) is 30.3 Å². The zero-order valence-electron chi connectivity index (χ0n) is 17.7. The Balaban J connectivity index is 1.57. The van der Waals surface area contributed by atoms with Gasteiger partial charge in [0.25, 0.3) is 11.2 Å². The van der Waals surface area contributed by atoms with Crippen LogP contribution in [0.15, 0.2) is 69.3 Å². The number of amides is 1. The van der Waals surface area contributed by atoms with E-state index in [1.54, 1.807) is 34.9 Å². The summed E-state index contributed by atoms with van der Waals surface area (Å²) in [6, 6.07) is 13.7. The number of thioether (sulfide) groups is 1. The van der Waals surface area contributed by atoms with Crippen LogP contribution in [0.1, 0.15) is 11.5 Å². The van der Waals surface area contributed by atoms with Gasteiger partial charge < -0.3 is 10.3 Å². The summed E-state index contributed by atoms with van der Waals surface area (Å²) in [5, 5.41) is 22.8. The molecule has 2 heterocycles. The molecule has 1 amide bonds. The molecule has 0 saturated heterocycles. The van der Waals surface area contributed by atoms with Crippen LogP contribution in [-0.2, 0) is 11.2 Å². The molecule has 14 heteroatoms. The number of non-ortho nitro benzene ring substituents is 1. The van der Waals surface area contributed by atoms with Gasteiger partial charge >= 0.3 is 5.69 Å². The summed E-state index contributed by atoms with van der Waals surface area (Å²) in [5.74, 6) is -0.0484. The molecular weight excluding hydrogens is 498 g/mol. The predicted molar refractivity (Wildman–Crippen MR) is 129 cm³/mol. The highest BCUT2D eigenvalue weighted by atomic mass is 35.5. The Morgan fingerprint density at radius 1 is 1.11 bits per heavy atom. The molecule has 2 aromatic heterocycles. The van der Waals surface area contributed by atoms with Crippen LogP contribution in [0, 0.1) is 10.1 Å². The lowest BCUT2D eigenvalue weighted by molar-refractivity contribution is -0.384. The Morgan fingerprint density at radius 2 is 1.89 bits per heavy atom. The molecular formula is C21H16ClN7O5S. The number of hydrogen-bond donors (Lipinski definition) is 3. The van der Waals surface area contributed by atoms with Crippen molar-refractivity contribution < 1.29 is 9.72 Å². The molecule has 0 aliphatic carbocycles. The lowest BCUT2D eigenvalue weighted by atomic mass is 10.2. The van der Waals surface area contributed by atoms with E-state index in [1.807, 2.05) is 0 Å². The van der Waals surface area contributed by atoms with Gasteiger partial charge in [0.2, 0.25) is 5.91 Å². The number of aromatic nitrogens is 5. The van der Waals surface area contributed by atoms with E-state index in [4.69, 9.17) is 11.6 Å². The molecule has 3 N–H and O–H groups in total. The number of benzene rings is 2. The lowest BCUT2D eigenvalue weighted by Gasteiger charge is -2.11. The van der Waals surface area contributed by atoms with E-state index in [1.165, 1.54) is 24.3 Å². The molecule has 0 radical (unpaired) electrons. The third-order valence-corrected chi connectivity index (χ3v) is 5.80. The monoisotopic (exact) mass is 513 g/mol. The summed E-state index contributed by atoms with van der Waals surface area (Å²) in [6.07, 6.45) is 0.0925. The van der Waals surface area contributed by atoms with Crippen molar-refractivity contribution in [3.63, 3.8) is 0 Å². The molecule has 35 heavy (non-hydrogen) atoms. The highest BCUT2D eigenvalue weighted by Gasteiger charge is 2.17. The molecule has 0 aliphatic heterocycles. The number of nitro groups is 1. The second-order valence-electron chi connectivity index (χ2n) is 7.14. The van der Waals surface area contributed by atoms with E-state index in [2.05, 4.69) is 25.5 Å². The van der Waals surface area contributed by atoms with Gasteiger partial charge in [0.05, 0.1) is 10.7 Å². The smallest absolute Gasteiger partial charge is 0.325 e. The molecule has 0 fully saturated rings. The number of H-pyrrole nitrogens is 2. The molecule has 2 aromatic carbocycles. The van der Waals surface area contributed by atoms with E-state index in [0.717, 1.165) is 11.8 Å². The molecule has 4 aromatic rings. The average molecular weight is 514 g/mol. The van der Waals surface area contributed by atoms with Gasteiger partial charge in [0.15, 0.2) is 5.16 Å². The van der Waals surface area contributed by atoms with Crippen molar-refractivity contribution in [1.82, 2.24) is 24.7 Å². The van der Waals surface area contributed by atoms with E-state index in [-0.39, 0.29) is 17.9 Å². The Bertz CT molecular complexity index is 1490. The second kappa shape index (κ2) is 10.4. The van der Waals surface area contributed by atoms with Crippen molar-refractivity contribution in [2.24, 2.45) is 0 Å². The maximum atomic E-state index is 12.5. The molecule has 0 saturated carbocycles. The summed E-state index contributed by atoms with van der Waals surface area (Å²) in [7, 11) is 0. The zero-order chi connectivity index (χ0) is 24.9. The van der Waals surface area contributed by atoms with Crippen molar-refractivity contribution in [2.75, 3.05) is 11.1 Å². The Morgan fingerprint density at radius 3 is 2.60 bits per heavy atom. The quantitative estimate of drug-likeness (QED) is 0.183. The number of nitrogens with one attached hydrogen (secondary N) is 3. The molecule has 0 aliphatic rings. The number of halogens is 1. The Kier molecular flexibility index (Phi) is 7.08. The van der Waals surface area contributed by atoms with Crippen molar-refractivity contribution >= 4 is 40.6 Å². The fourth-order valence-electron chi connectivity index (χ4n) is 3.17. The standard InChI is InChI=1S/C21H16ClN7O5S/c22-12-4-6-15(7-5-12)28-17(9-14-10-18(30)25-20(32)24-14)26-27-21(28)35-11-19(31)23-13-2-1-3-16(8-13)29(33)34/h1-8,10H,9,11H2,(H,23,31)(H2,24,25,30,32). The SMILES string of the molecule is O=C(CSc1nnc(Cc2cc(=O)[nH]c(=O)[nH]2)n1-c1ccc(Cl)cc1)Nc1cccc([N+](=O)[O-])c1. The predicted octanol–water partition coefficient (Wildman–Crippen LogP) is 2.53. The molecule has 178 valence electrons. The largest absolute Gasteiger partial charge is 0.325 e. The van der Waals surface area contributed by atoms with Crippen LogP contribution < -0.4 is 16.6 Å². The summed E-state index contributed by atoms with van der Waals surface area (Å²) in [6.45, 7) is 0. The van der Waals surface area contributed by atoms with Crippen molar-refractivity contribution in [2.45, 2.75) is 11.6 Å². The molecule has 0 unspecified atom stereocenters. The molecule has 12 nitrogen and oxygen atoms in total. The van der Waals surface area contributed by atoms with Crippen molar-refractivity contribution in [3.05, 3.63) is 102 Å². The topological polar surface area (TPSA) is 169 Å². The van der Waals surface area contributed by atoms with Crippen LogP contribution in [-0.4, -0.2) is 41.3 Å². The van der Waals surface area contributed by atoms with E-state index < -0.39 is 22.1 Å². The summed E-state index contributed by atoms with van der Waals surface area (Å²) in [4.78, 5) is 50.8. The van der Waals surface area contributed by atoms with Crippen LogP contribution in [0.3, 0.4) is 0 Å². The van der Waals surface area contributed by atoms with Gasteiger partial charge in [-0.25, -0.2) is 4.79 Å². The maximum Gasteiger partial charge on any atom is 0.325 e. The first-order valence-corrected chi connectivity index (χ1v) is 11.3. The van der Waals surface area contributed by atoms with Crippen LogP contribution in [0.25, 0.3) is 5.69 Å². The normalized spacial score (nSPS) is 10.8. The first kappa shape index (κ1) is 23.9. The zero-order valence-corrected chi connectivity index (χ0v) is 19.3. The van der Waals surface area contributed by atoms with Gasteiger partial charge in [-0.2, -0.15) is 0 Å². The van der Waals surface area contributed by atoms with Crippen LogP contribution in [0.4, 0.5) is 11.4 Å². The summed E-state index contributed by atoms with van der Waals surface area (Å²) in [5.41, 5.74) is -0.0426.